The van der Waals surface area contributed by atoms with Crippen LogP contribution >= 0.6 is 0 Å². The Morgan fingerprint density at radius 3 is 2.05 bits per heavy atom. The van der Waals surface area contributed by atoms with E-state index in [-0.39, 0.29) is 11.9 Å². The summed E-state index contributed by atoms with van der Waals surface area (Å²) in [5.74, 6) is -3.48. The van der Waals surface area contributed by atoms with Crippen molar-refractivity contribution in [3.05, 3.63) is 0 Å². The summed E-state index contributed by atoms with van der Waals surface area (Å²) in [6.07, 6.45) is -2.47. The standard InChI is InChI=1S/C8H15NO2.C4H6O6/c1-2-11-8(10)7-4-3-5-9-6-7;5-1(3(7)8)2(6)4(9)10/h7,9H,2-6H2,1H3;1-2,5-6H,(H,7,8)(H,9,10)/t;1-,2?/m.0/s1. The van der Waals surface area contributed by atoms with Gasteiger partial charge < -0.3 is 30.5 Å². The number of esters is 1. The van der Waals surface area contributed by atoms with Gasteiger partial charge in [0.2, 0.25) is 0 Å². The van der Waals surface area contributed by atoms with Crippen LogP contribution in [-0.4, -0.2) is 70.2 Å². The van der Waals surface area contributed by atoms with Crippen molar-refractivity contribution in [1.82, 2.24) is 5.32 Å². The SMILES string of the molecule is CCOC(=O)C1CCCNC1.O=C(O)C(O)[C@H](O)C(=O)O. The van der Waals surface area contributed by atoms with E-state index in [0.717, 1.165) is 25.9 Å². The average Bonchev–Trinajstić information content (AvgIpc) is 2.47. The van der Waals surface area contributed by atoms with Crippen LogP contribution in [0.5, 0.6) is 0 Å². The number of aliphatic hydroxyl groups excluding tert-OH is 2. The summed E-state index contributed by atoms with van der Waals surface area (Å²) in [5, 5.41) is 35.7. The molecule has 9 nitrogen and oxygen atoms in total. The Labute approximate surface area is 121 Å². The van der Waals surface area contributed by atoms with E-state index in [1.54, 1.807) is 0 Å². The second kappa shape index (κ2) is 10.1. The van der Waals surface area contributed by atoms with Crippen molar-refractivity contribution in [2.75, 3.05) is 19.7 Å². The van der Waals surface area contributed by atoms with Gasteiger partial charge in [-0.25, -0.2) is 9.59 Å². The molecule has 1 heterocycles. The summed E-state index contributed by atoms with van der Waals surface area (Å²) in [6.45, 7) is 4.16. The lowest BCUT2D eigenvalue weighted by Crippen LogP contribution is -2.39. The lowest BCUT2D eigenvalue weighted by molar-refractivity contribution is -0.165. The molecule has 3 atom stereocenters. The van der Waals surface area contributed by atoms with Gasteiger partial charge in [0.15, 0.2) is 12.2 Å². The molecule has 1 fully saturated rings. The number of aliphatic hydroxyl groups is 2. The minimum atomic E-state index is -2.27. The highest BCUT2D eigenvalue weighted by molar-refractivity contribution is 5.83. The number of aliphatic carboxylic acids is 2. The molecule has 0 saturated carbocycles. The molecule has 1 rings (SSSR count). The molecule has 0 amide bonds. The summed E-state index contributed by atoms with van der Waals surface area (Å²) in [6, 6.07) is 0. The van der Waals surface area contributed by atoms with Gasteiger partial charge in [-0.3, -0.25) is 4.79 Å². The molecule has 0 radical (unpaired) electrons. The highest BCUT2D eigenvalue weighted by Gasteiger charge is 2.29. The molecule has 1 saturated heterocycles. The van der Waals surface area contributed by atoms with Crippen LogP contribution in [0, 0.1) is 5.92 Å². The first-order chi connectivity index (χ1) is 9.81. The summed E-state index contributed by atoms with van der Waals surface area (Å²) >= 11 is 0. The number of carboxylic acids is 2. The Kier molecular flexibility index (Phi) is 9.26. The highest BCUT2D eigenvalue weighted by Crippen LogP contribution is 2.11. The predicted molar refractivity (Wildman–Crippen MR) is 69.5 cm³/mol. The lowest BCUT2D eigenvalue weighted by Gasteiger charge is -2.20. The van der Waals surface area contributed by atoms with E-state index in [2.05, 4.69) is 5.32 Å². The van der Waals surface area contributed by atoms with E-state index in [9.17, 15) is 14.4 Å². The Balaban J connectivity index is 0.000000384. The van der Waals surface area contributed by atoms with Crippen molar-refractivity contribution in [3.63, 3.8) is 0 Å². The van der Waals surface area contributed by atoms with E-state index >= 15 is 0 Å². The van der Waals surface area contributed by atoms with Crippen LogP contribution in [0.15, 0.2) is 0 Å². The van der Waals surface area contributed by atoms with Crippen molar-refractivity contribution in [1.29, 1.82) is 0 Å². The fraction of sp³-hybridized carbons (Fsp3) is 0.750. The highest BCUT2D eigenvalue weighted by atomic mass is 16.5. The summed E-state index contributed by atoms with van der Waals surface area (Å²) in [4.78, 5) is 30.7. The third-order valence-electron chi connectivity index (χ3n) is 2.72. The largest absolute Gasteiger partial charge is 0.479 e. The molecule has 0 spiro atoms. The van der Waals surface area contributed by atoms with Gasteiger partial charge in [-0.1, -0.05) is 0 Å². The monoisotopic (exact) mass is 307 g/mol. The number of nitrogens with one attached hydrogen (secondary N) is 1. The minimum Gasteiger partial charge on any atom is -0.479 e. The van der Waals surface area contributed by atoms with Crippen LogP contribution in [0.1, 0.15) is 19.8 Å². The third kappa shape index (κ3) is 7.59. The summed E-state index contributed by atoms with van der Waals surface area (Å²) in [7, 11) is 0. The van der Waals surface area contributed by atoms with E-state index in [1.807, 2.05) is 6.92 Å². The van der Waals surface area contributed by atoms with Gasteiger partial charge in [-0.05, 0) is 26.3 Å². The lowest BCUT2D eigenvalue weighted by atomic mass is 10.0. The van der Waals surface area contributed by atoms with Crippen LogP contribution in [-0.2, 0) is 19.1 Å². The van der Waals surface area contributed by atoms with Gasteiger partial charge in [0.1, 0.15) is 0 Å². The molecule has 1 aliphatic rings. The number of rotatable bonds is 5. The van der Waals surface area contributed by atoms with Gasteiger partial charge in [0, 0.05) is 6.54 Å². The second-order valence-corrected chi connectivity index (χ2v) is 4.36. The van der Waals surface area contributed by atoms with Crippen LogP contribution in [0.25, 0.3) is 0 Å². The molecule has 0 aromatic heterocycles. The summed E-state index contributed by atoms with van der Waals surface area (Å²) in [5.41, 5.74) is 0. The molecule has 0 aliphatic carbocycles. The van der Waals surface area contributed by atoms with E-state index in [4.69, 9.17) is 25.2 Å². The maximum absolute atomic E-state index is 11.1. The molecular formula is C12H21NO8. The normalized spacial score (nSPS) is 20.4. The molecule has 122 valence electrons. The molecule has 0 aromatic rings. The topological polar surface area (TPSA) is 153 Å². The quantitative estimate of drug-likeness (QED) is 0.379. The predicted octanol–water partition coefficient (Wildman–Crippen LogP) is -1.57. The number of carbonyl (C=O) groups excluding carboxylic acids is 1. The van der Waals surface area contributed by atoms with Crippen molar-refractivity contribution in [3.8, 4) is 0 Å². The number of carboxylic acid groups (broad SMARTS) is 2. The van der Waals surface area contributed by atoms with E-state index in [1.165, 1.54) is 0 Å². The number of ether oxygens (including phenoxy) is 1. The number of carbonyl (C=O) groups is 3. The first kappa shape index (κ1) is 19.3. The van der Waals surface area contributed by atoms with Crippen molar-refractivity contribution in [2.24, 2.45) is 5.92 Å². The van der Waals surface area contributed by atoms with Crippen LogP contribution in [0.3, 0.4) is 0 Å². The van der Waals surface area contributed by atoms with Crippen molar-refractivity contribution in [2.45, 2.75) is 32.0 Å². The van der Waals surface area contributed by atoms with Crippen LogP contribution in [0.4, 0.5) is 0 Å². The van der Waals surface area contributed by atoms with Crippen LogP contribution < -0.4 is 5.32 Å². The van der Waals surface area contributed by atoms with Gasteiger partial charge in [-0.15, -0.1) is 0 Å². The smallest absolute Gasteiger partial charge is 0.335 e. The van der Waals surface area contributed by atoms with Gasteiger partial charge in [0.25, 0.3) is 0 Å². The average molecular weight is 307 g/mol. The number of hydrogen-bond donors (Lipinski definition) is 5. The first-order valence-electron chi connectivity index (χ1n) is 6.50. The molecule has 5 N–H and O–H groups in total. The second-order valence-electron chi connectivity index (χ2n) is 4.36. The Bertz CT molecular complexity index is 335. The van der Waals surface area contributed by atoms with Crippen LogP contribution in [0.2, 0.25) is 0 Å². The summed E-state index contributed by atoms with van der Waals surface area (Å²) < 4.78 is 4.90. The van der Waals surface area contributed by atoms with E-state index < -0.39 is 24.1 Å². The fourth-order valence-corrected chi connectivity index (χ4v) is 1.58. The molecule has 21 heavy (non-hydrogen) atoms. The van der Waals surface area contributed by atoms with Crippen molar-refractivity contribution >= 4 is 17.9 Å². The Morgan fingerprint density at radius 2 is 1.71 bits per heavy atom. The molecule has 2 unspecified atom stereocenters. The number of piperidine rings is 1. The fourth-order valence-electron chi connectivity index (χ4n) is 1.58. The molecule has 9 heteroatoms. The van der Waals surface area contributed by atoms with E-state index in [0.29, 0.717) is 6.61 Å². The zero-order valence-electron chi connectivity index (χ0n) is 11.7. The van der Waals surface area contributed by atoms with Crippen molar-refractivity contribution < 1.29 is 39.5 Å². The maximum atomic E-state index is 11.1. The Morgan fingerprint density at radius 1 is 1.19 bits per heavy atom. The van der Waals surface area contributed by atoms with Gasteiger partial charge in [0.05, 0.1) is 12.5 Å². The zero-order chi connectivity index (χ0) is 16.4. The maximum Gasteiger partial charge on any atom is 0.335 e. The number of hydrogen-bond acceptors (Lipinski definition) is 7. The minimum absolute atomic E-state index is 0.0419. The van der Waals surface area contributed by atoms with Gasteiger partial charge in [-0.2, -0.15) is 0 Å². The van der Waals surface area contributed by atoms with Gasteiger partial charge >= 0.3 is 17.9 Å². The third-order valence-corrected chi connectivity index (χ3v) is 2.72. The zero-order valence-corrected chi connectivity index (χ0v) is 11.7. The first-order valence-corrected chi connectivity index (χ1v) is 6.50. The Hall–Kier alpha value is -1.71. The molecular weight excluding hydrogens is 286 g/mol. The molecule has 0 aromatic carbocycles. The molecule has 0 bridgehead atoms. The molecule has 1 aliphatic heterocycles.